The molecule has 4 nitrogen and oxygen atoms in total. The fourth-order valence-corrected chi connectivity index (χ4v) is 2.83. The van der Waals surface area contributed by atoms with Crippen LogP contribution in [0.15, 0.2) is 15.9 Å². The third-order valence-electron chi connectivity index (χ3n) is 3.14. The number of aromatic nitrogens is 2. The monoisotopic (exact) mass is 263 g/mol. The molecule has 18 heavy (non-hydrogen) atoms. The number of nitrogens with one attached hydrogen (secondary N) is 1. The van der Waals surface area contributed by atoms with Gasteiger partial charge in [0.25, 0.3) is 5.89 Å². The second-order valence-electron chi connectivity index (χ2n) is 4.61. The van der Waals surface area contributed by atoms with E-state index in [-0.39, 0.29) is 0 Å². The average Bonchev–Trinajstić information content (AvgIpc) is 2.92. The van der Waals surface area contributed by atoms with Gasteiger partial charge in [-0.2, -0.15) is 0 Å². The Labute approximate surface area is 110 Å². The van der Waals surface area contributed by atoms with Crippen LogP contribution in [0.2, 0.25) is 0 Å². The maximum Gasteiger partial charge on any atom is 0.258 e. The summed E-state index contributed by atoms with van der Waals surface area (Å²) >= 11 is 1.67. The predicted molar refractivity (Wildman–Crippen MR) is 71.7 cm³/mol. The third kappa shape index (κ3) is 2.62. The number of hydrogen-bond donors (Lipinski definition) is 1. The quantitative estimate of drug-likeness (QED) is 0.870. The van der Waals surface area contributed by atoms with E-state index in [4.69, 9.17) is 4.42 Å². The van der Waals surface area contributed by atoms with E-state index in [1.165, 1.54) is 18.4 Å². The molecule has 1 aliphatic rings. The molecule has 2 aromatic rings. The van der Waals surface area contributed by atoms with Gasteiger partial charge in [0.05, 0.1) is 4.88 Å². The maximum atomic E-state index is 5.72. The second kappa shape index (κ2) is 5.20. The van der Waals surface area contributed by atoms with Gasteiger partial charge >= 0.3 is 0 Å². The lowest BCUT2D eigenvalue weighted by atomic mass is 10.2. The number of aryl methyl sites for hydroxylation is 1. The summed E-state index contributed by atoms with van der Waals surface area (Å²) in [7, 11) is 0. The van der Waals surface area contributed by atoms with Gasteiger partial charge in [0, 0.05) is 19.0 Å². The van der Waals surface area contributed by atoms with Gasteiger partial charge in [0.15, 0.2) is 0 Å². The highest BCUT2D eigenvalue weighted by Crippen LogP contribution is 2.28. The van der Waals surface area contributed by atoms with Crippen molar-refractivity contribution < 1.29 is 4.42 Å². The molecule has 1 saturated carbocycles. The Balaban J connectivity index is 1.64. The zero-order valence-electron chi connectivity index (χ0n) is 10.5. The van der Waals surface area contributed by atoms with Crippen molar-refractivity contribution in [2.75, 3.05) is 6.54 Å². The summed E-state index contributed by atoms with van der Waals surface area (Å²) in [6, 6.07) is 2.86. The van der Waals surface area contributed by atoms with Gasteiger partial charge in [0.1, 0.15) is 0 Å². The standard InChI is InChI=1S/C13H17N3OS/c1-2-9-6-8-18-12(9)13-16-15-11(17-13)5-7-14-10-3-4-10/h6,8,10,14H,2-5,7H2,1H3. The summed E-state index contributed by atoms with van der Waals surface area (Å²) in [5.74, 6) is 1.40. The van der Waals surface area contributed by atoms with E-state index in [9.17, 15) is 0 Å². The van der Waals surface area contributed by atoms with Gasteiger partial charge in [-0.05, 0) is 36.3 Å². The fraction of sp³-hybridized carbons (Fsp3) is 0.538. The summed E-state index contributed by atoms with van der Waals surface area (Å²) < 4.78 is 5.72. The Bertz CT molecular complexity index is 516. The van der Waals surface area contributed by atoms with Gasteiger partial charge in [-0.25, -0.2) is 0 Å². The summed E-state index contributed by atoms with van der Waals surface area (Å²) in [5.41, 5.74) is 1.28. The average molecular weight is 263 g/mol. The molecule has 0 unspecified atom stereocenters. The molecule has 5 heteroatoms. The Kier molecular flexibility index (Phi) is 3.43. The molecule has 0 amide bonds. The molecule has 2 heterocycles. The van der Waals surface area contributed by atoms with Gasteiger partial charge in [-0.3, -0.25) is 0 Å². The maximum absolute atomic E-state index is 5.72. The molecule has 0 bridgehead atoms. The van der Waals surface area contributed by atoms with E-state index in [0.717, 1.165) is 36.2 Å². The van der Waals surface area contributed by atoms with Gasteiger partial charge in [0.2, 0.25) is 5.89 Å². The molecule has 0 saturated heterocycles. The molecular weight excluding hydrogens is 246 g/mol. The Hall–Kier alpha value is -1.20. The normalized spacial score (nSPS) is 15.2. The van der Waals surface area contributed by atoms with E-state index < -0.39 is 0 Å². The van der Waals surface area contributed by atoms with Crippen LogP contribution in [0.4, 0.5) is 0 Å². The molecule has 0 aliphatic heterocycles. The zero-order chi connectivity index (χ0) is 12.4. The highest BCUT2D eigenvalue weighted by atomic mass is 32.1. The molecule has 1 aliphatic carbocycles. The molecule has 0 aromatic carbocycles. The number of nitrogens with zero attached hydrogens (tertiary/aromatic N) is 2. The minimum Gasteiger partial charge on any atom is -0.420 e. The first-order valence-electron chi connectivity index (χ1n) is 6.49. The van der Waals surface area contributed by atoms with Crippen molar-refractivity contribution in [1.29, 1.82) is 0 Å². The molecule has 1 N–H and O–H groups in total. The first kappa shape index (κ1) is 11.9. The minimum absolute atomic E-state index is 0.670. The van der Waals surface area contributed by atoms with Crippen LogP contribution < -0.4 is 5.32 Å². The lowest BCUT2D eigenvalue weighted by Gasteiger charge is -1.98. The Morgan fingerprint density at radius 2 is 2.33 bits per heavy atom. The lowest BCUT2D eigenvalue weighted by Crippen LogP contribution is -2.19. The SMILES string of the molecule is CCc1ccsc1-c1nnc(CCNC2CC2)o1. The van der Waals surface area contributed by atoms with Crippen LogP contribution in [-0.2, 0) is 12.8 Å². The van der Waals surface area contributed by atoms with Crippen LogP contribution in [-0.4, -0.2) is 22.8 Å². The number of hydrogen-bond acceptors (Lipinski definition) is 5. The summed E-state index contributed by atoms with van der Waals surface area (Å²) in [6.07, 6.45) is 4.43. The summed E-state index contributed by atoms with van der Waals surface area (Å²) in [4.78, 5) is 1.12. The molecule has 0 radical (unpaired) electrons. The topological polar surface area (TPSA) is 51.0 Å². The molecule has 96 valence electrons. The highest BCUT2D eigenvalue weighted by molar-refractivity contribution is 7.13. The summed E-state index contributed by atoms with van der Waals surface area (Å²) in [5, 5.41) is 13.8. The van der Waals surface area contributed by atoms with Crippen molar-refractivity contribution in [3.8, 4) is 10.8 Å². The Morgan fingerprint density at radius 3 is 3.11 bits per heavy atom. The smallest absolute Gasteiger partial charge is 0.258 e. The van der Waals surface area contributed by atoms with Crippen molar-refractivity contribution in [2.24, 2.45) is 0 Å². The zero-order valence-corrected chi connectivity index (χ0v) is 11.3. The Morgan fingerprint density at radius 1 is 1.44 bits per heavy atom. The second-order valence-corrected chi connectivity index (χ2v) is 5.52. The van der Waals surface area contributed by atoms with Crippen LogP contribution >= 0.6 is 11.3 Å². The molecule has 3 rings (SSSR count). The van der Waals surface area contributed by atoms with Crippen LogP contribution in [0.5, 0.6) is 0 Å². The molecule has 1 fully saturated rings. The minimum atomic E-state index is 0.670. The van der Waals surface area contributed by atoms with Crippen molar-refractivity contribution >= 4 is 11.3 Å². The lowest BCUT2D eigenvalue weighted by molar-refractivity contribution is 0.494. The van der Waals surface area contributed by atoms with Gasteiger partial charge in [-0.1, -0.05) is 6.92 Å². The van der Waals surface area contributed by atoms with Crippen LogP contribution in [0.3, 0.4) is 0 Å². The largest absolute Gasteiger partial charge is 0.420 e. The molecular formula is C13H17N3OS. The van der Waals surface area contributed by atoms with Crippen LogP contribution in [0, 0.1) is 0 Å². The van der Waals surface area contributed by atoms with E-state index in [1.807, 2.05) is 0 Å². The predicted octanol–water partition coefficient (Wildman–Crippen LogP) is 2.66. The van der Waals surface area contributed by atoms with Crippen molar-refractivity contribution in [3.05, 3.63) is 22.9 Å². The van der Waals surface area contributed by atoms with Gasteiger partial charge in [-0.15, -0.1) is 21.5 Å². The molecule has 0 atom stereocenters. The fourth-order valence-electron chi connectivity index (χ4n) is 1.92. The van der Waals surface area contributed by atoms with E-state index in [0.29, 0.717) is 5.89 Å². The van der Waals surface area contributed by atoms with Crippen LogP contribution in [0.25, 0.3) is 10.8 Å². The number of rotatable bonds is 6. The van der Waals surface area contributed by atoms with E-state index in [1.54, 1.807) is 11.3 Å². The van der Waals surface area contributed by atoms with Crippen LogP contribution in [0.1, 0.15) is 31.2 Å². The molecule has 0 spiro atoms. The van der Waals surface area contributed by atoms with E-state index in [2.05, 4.69) is 33.9 Å². The third-order valence-corrected chi connectivity index (χ3v) is 4.08. The van der Waals surface area contributed by atoms with Crippen molar-refractivity contribution in [1.82, 2.24) is 15.5 Å². The first-order valence-corrected chi connectivity index (χ1v) is 7.37. The first-order chi connectivity index (χ1) is 8.86. The summed E-state index contributed by atoms with van der Waals surface area (Å²) in [6.45, 7) is 3.07. The van der Waals surface area contributed by atoms with Gasteiger partial charge < -0.3 is 9.73 Å². The molecule has 2 aromatic heterocycles. The van der Waals surface area contributed by atoms with Crippen molar-refractivity contribution in [3.63, 3.8) is 0 Å². The number of thiophene rings is 1. The van der Waals surface area contributed by atoms with E-state index >= 15 is 0 Å². The van der Waals surface area contributed by atoms with Crippen molar-refractivity contribution in [2.45, 2.75) is 38.6 Å². The highest BCUT2D eigenvalue weighted by Gasteiger charge is 2.20.